The van der Waals surface area contributed by atoms with Crippen LogP contribution in [0.2, 0.25) is 0 Å². The van der Waals surface area contributed by atoms with Gasteiger partial charge < -0.3 is 4.90 Å². The van der Waals surface area contributed by atoms with E-state index in [-0.39, 0.29) is 5.82 Å². The number of piperidine rings is 1. The van der Waals surface area contributed by atoms with Gasteiger partial charge in [-0.1, -0.05) is 0 Å². The first-order chi connectivity index (χ1) is 11.1. The van der Waals surface area contributed by atoms with Crippen LogP contribution in [0.4, 0.5) is 10.2 Å². The van der Waals surface area contributed by atoms with Crippen molar-refractivity contribution in [1.29, 1.82) is 0 Å². The third-order valence-electron chi connectivity index (χ3n) is 4.50. The number of aromatic nitrogens is 3. The molecule has 1 saturated heterocycles. The Morgan fingerprint density at radius 3 is 2.65 bits per heavy atom. The van der Waals surface area contributed by atoms with Gasteiger partial charge in [-0.25, -0.2) is 4.39 Å². The molecule has 0 bridgehead atoms. The summed E-state index contributed by atoms with van der Waals surface area (Å²) in [4.78, 5) is 8.30. The molecule has 0 aliphatic carbocycles. The fourth-order valence-corrected chi connectivity index (χ4v) is 3.00. The second-order valence-corrected chi connectivity index (χ2v) is 6.12. The van der Waals surface area contributed by atoms with Crippen LogP contribution in [0.1, 0.15) is 24.1 Å². The van der Waals surface area contributed by atoms with Crippen LogP contribution in [-0.2, 0) is 6.54 Å². The second kappa shape index (κ2) is 7.00. The molecular formula is C17H22FN5. The van der Waals surface area contributed by atoms with Crippen LogP contribution in [0, 0.1) is 12.7 Å². The average Bonchev–Trinajstić information content (AvgIpc) is 2.58. The molecule has 3 heterocycles. The van der Waals surface area contributed by atoms with Gasteiger partial charge in [0.25, 0.3) is 0 Å². The summed E-state index contributed by atoms with van der Waals surface area (Å²) in [5.74, 6) is 0.691. The van der Waals surface area contributed by atoms with Gasteiger partial charge in [-0.3, -0.25) is 9.88 Å². The molecule has 6 heteroatoms. The van der Waals surface area contributed by atoms with Gasteiger partial charge in [0.15, 0.2) is 5.82 Å². The van der Waals surface area contributed by atoms with Gasteiger partial charge in [0.05, 0.1) is 11.9 Å². The molecule has 122 valence electrons. The lowest BCUT2D eigenvalue weighted by atomic mass is 10.0. The highest BCUT2D eigenvalue weighted by atomic mass is 19.1. The van der Waals surface area contributed by atoms with E-state index < -0.39 is 0 Å². The molecule has 0 atom stereocenters. The zero-order chi connectivity index (χ0) is 16.2. The fourth-order valence-electron chi connectivity index (χ4n) is 3.00. The van der Waals surface area contributed by atoms with Gasteiger partial charge in [-0.15, -0.1) is 5.10 Å². The largest absolute Gasteiger partial charge is 0.355 e. The van der Waals surface area contributed by atoms with E-state index in [9.17, 15) is 4.39 Å². The highest BCUT2D eigenvalue weighted by Crippen LogP contribution is 2.21. The lowest BCUT2D eigenvalue weighted by Gasteiger charge is -2.37. The number of anilines is 1. The van der Waals surface area contributed by atoms with Crippen molar-refractivity contribution in [2.75, 3.05) is 25.0 Å². The van der Waals surface area contributed by atoms with Crippen LogP contribution in [0.15, 0.2) is 30.6 Å². The molecule has 1 fully saturated rings. The Kier molecular flexibility index (Phi) is 4.81. The molecule has 5 nitrogen and oxygen atoms in total. The first kappa shape index (κ1) is 15.8. The SMILES string of the molecule is Cc1ccc(N(C)C2CCN(Cc3ccncc3F)CC2)nn1. The maximum absolute atomic E-state index is 13.7. The number of aryl methyl sites for hydroxylation is 1. The molecule has 0 amide bonds. The molecule has 3 rings (SSSR count). The second-order valence-electron chi connectivity index (χ2n) is 6.12. The first-order valence-electron chi connectivity index (χ1n) is 7.97. The molecule has 0 aromatic carbocycles. The van der Waals surface area contributed by atoms with Gasteiger partial charge in [-0.2, -0.15) is 5.10 Å². The van der Waals surface area contributed by atoms with Crippen LogP contribution in [-0.4, -0.2) is 46.3 Å². The molecule has 0 saturated carbocycles. The van der Waals surface area contributed by atoms with Gasteiger partial charge in [0.2, 0.25) is 0 Å². The van der Waals surface area contributed by atoms with E-state index in [1.165, 1.54) is 6.20 Å². The van der Waals surface area contributed by atoms with Crippen molar-refractivity contribution in [2.24, 2.45) is 0 Å². The van der Waals surface area contributed by atoms with Crippen molar-refractivity contribution in [3.05, 3.63) is 47.7 Å². The van der Waals surface area contributed by atoms with E-state index in [2.05, 4.69) is 32.0 Å². The zero-order valence-corrected chi connectivity index (χ0v) is 13.6. The summed E-state index contributed by atoms with van der Waals surface area (Å²) in [7, 11) is 2.07. The summed E-state index contributed by atoms with van der Waals surface area (Å²) in [5, 5.41) is 8.38. The van der Waals surface area contributed by atoms with Crippen molar-refractivity contribution < 1.29 is 4.39 Å². The first-order valence-corrected chi connectivity index (χ1v) is 7.97. The summed E-state index contributed by atoms with van der Waals surface area (Å²) in [6, 6.07) is 6.21. The Balaban J connectivity index is 1.56. The van der Waals surface area contributed by atoms with E-state index in [1.807, 2.05) is 19.1 Å². The molecule has 2 aromatic heterocycles. The van der Waals surface area contributed by atoms with Crippen LogP contribution in [0.5, 0.6) is 0 Å². The van der Waals surface area contributed by atoms with E-state index in [1.54, 1.807) is 12.3 Å². The molecule has 0 N–H and O–H groups in total. The normalized spacial score (nSPS) is 16.5. The quantitative estimate of drug-likeness (QED) is 0.867. The molecule has 0 unspecified atom stereocenters. The summed E-state index contributed by atoms with van der Waals surface area (Å²) in [5.41, 5.74) is 1.65. The maximum Gasteiger partial charge on any atom is 0.151 e. The van der Waals surface area contributed by atoms with Crippen LogP contribution in [0.3, 0.4) is 0 Å². The minimum atomic E-state index is -0.221. The highest BCUT2D eigenvalue weighted by molar-refractivity contribution is 5.37. The Bertz CT molecular complexity index is 638. The number of hydrogen-bond acceptors (Lipinski definition) is 5. The van der Waals surface area contributed by atoms with Crippen molar-refractivity contribution in [3.63, 3.8) is 0 Å². The van der Waals surface area contributed by atoms with Crippen LogP contribution < -0.4 is 4.90 Å². The summed E-state index contributed by atoms with van der Waals surface area (Å²) in [6.07, 6.45) is 5.01. The number of likely N-dealkylation sites (tertiary alicyclic amines) is 1. The van der Waals surface area contributed by atoms with Crippen molar-refractivity contribution in [1.82, 2.24) is 20.1 Å². The zero-order valence-electron chi connectivity index (χ0n) is 13.6. The lowest BCUT2D eigenvalue weighted by Crippen LogP contribution is -2.43. The molecule has 0 radical (unpaired) electrons. The standard InChI is InChI=1S/C17H22FN5/c1-13-3-4-17(21-20-13)22(2)15-6-9-23(10-7-15)12-14-5-8-19-11-16(14)18/h3-5,8,11,15H,6-7,9-10,12H2,1-2H3. The molecular weight excluding hydrogens is 293 g/mol. The predicted molar refractivity (Wildman–Crippen MR) is 87.7 cm³/mol. The number of nitrogens with zero attached hydrogens (tertiary/aromatic N) is 5. The smallest absolute Gasteiger partial charge is 0.151 e. The predicted octanol–water partition coefficient (Wildman–Crippen LogP) is 2.42. The fraction of sp³-hybridized carbons (Fsp3) is 0.471. The molecule has 2 aromatic rings. The maximum atomic E-state index is 13.7. The third kappa shape index (κ3) is 3.82. The summed E-state index contributed by atoms with van der Waals surface area (Å²) in [6.45, 7) is 4.49. The Labute approximate surface area is 136 Å². The molecule has 1 aliphatic heterocycles. The van der Waals surface area contributed by atoms with E-state index >= 15 is 0 Å². The van der Waals surface area contributed by atoms with Crippen molar-refractivity contribution in [2.45, 2.75) is 32.4 Å². The molecule has 23 heavy (non-hydrogen) atoms. The topological polar surface area (TPSA) is 45.2 Å². The number of halogens is 1. The Hall–Kier alpha value is -2.08. The van der Waals surface area contributed by atoms with Gasteiger partial charge in [0, 0.05) is 44.5 Å². The minimum absolute atomic E-state index is 0.221. The van der Waals surface area contributed by atoms with Crippen molar-refractivity contribution in [3.8, 4) is 0 Å². The number of rotatable bonds is 4. The van der Waals surface area contributed by atoms with E-state index in [0.29, 0.717) is 12.6 Å². The monoisotopic (exact) mass is 315 g/mol. The summed E-state index contributed by atoms with van der Waals surface area (Å²) < 4.78 is 13.7. The lowest BCUT2D eigenvalue weighted by molar-refractivity contribution is 0.201. The summed E-state index contributed by atoms with van der Waals surface area (Å²) >= 11 is 0. The van der Waals surface area contributed by atoms with Gasteiger partial charge in [0.1, 0.15) is 5.82 Å². The van der Waals surface area contributed by atoms with Crippen LogP contribution in [0.25, 0.3) is 0 Å². The average molecular weight is 315 g/mol. The minimum Gasteiger partial charge on any atom is -0.355 e. The highest BCUT2D eigenvalue weighted by Gasteiger charge is 2.24. The van der Waals surface area contributed by atoms with E-state index in [4.69, 9.17) is 0 Å². The van der Waals surface area contributed by atoms with Crippen molar-refractivity contribution >= 4 is 5.82 Å². The van der Waals surface area contributed by atoms with Gasteiger partial charge in [-0.05, 0) is 38.0 Å². The molecule has 1 aliphatic rings. The van der Waals surface area contributed by atoms with Crippen LogP contribution >= 0.6 is 0 Å². The molecule has 0 spiro atoms. The Morgan fingerprint density at radius 2 is 2.00 bits per heavy atom. The van der Waals surface area contributed by atoms with E-state index in [0.717, 1.165) is 43.0 Å². The number of pyridine rings is 1. The number of hydrogen-bond donors (Lipinski definition) is 0. The third-order valence-corrected chi connectivity index (χ3v) is 4.50. The van der Waals surface area contributed by atoms with Gasteiger partial charge >= 0.3 is 0 Å². The Morgan fingerprint density at radius 1 is 1.22 bits per heavy atom.